The smallest absolute Gasteiger partial charge is 0.233 e. The first-order chi connectivity index (χ1) is 4.50. The Morgan fingerprint density at radius 3 is 2.40 bits per heavy atom. The van der Waals surface area contributed by atoms with Gasteiger partial charge in [-0.25, -0.2) is 8.42 Å². The average molecular weight is 165 g/mol. The molecular weight excluding hydrogens is 154 g/mol. The third-order valence-electron chi connectivity index (χ3n) is 1.33. The summed E-state index contributed by atoms with van der Waals surface area (Å²) in [7, 11) is -3.12. The van der Waals surface area contributed by atoms with Crippen LogP contribution in [0.25, 0.3) is 0 Å². The van der Waals surface area contributed by atoms with Gasteiger partial charge in [0.1, 0.15) is 0 Å². The molecule has 1 atom stereocenters. The van der Waals surface area contributed by atoms with Crippen molar-refractivity contribution in [3.05, 3.63) is 0 Å². The monoisotopic (exact) mass is 165 g/mol. The van der Waals surface area contributed by atoms with E-state index in [1.165, 1.54) is 0 Å². The summed E-state index contributed by atoms with van der Waals surface area (Å²) < 4.78 is 22.6. The Balaban J connectivity index is 2.62. The second kappa shape index (κ2) is 2.48. The molecule has 5 heteroatoms. The molecule has 0 bridgehead atoms. The van der Waals surface area contributed by atoms with Gasteiger partial charge in [0.2, 0.25) is 10.0 Å². The predicted molar refractivity (Wildman–Crippen MR) is 36.7 cm³/mol. The fourth-order valence-corrected chi connectivity index (χ4v) is 1.58. The van der Waals surface area contributed by atoms with E-state index in [0.717, 1.165) is 10.7 Å². The second-order valence-corrected chi connectivity index (χ2v) is 4.52. The normalized spacial score (nSPS) is 29.2. The van der Waals surface area contributed by atoms with E-state index < -0.39 is 10.0 Å². The molecule has 60 valence electrons. The van der Waals surface area contributed by atoms with E-state index in [2.05, 4.69) is 0 Å². The van der Waals surface area contributed by atoms with Crippen molar-refractivity contribution in [1.82, 2.24) is 4.47 Å². The van der Waals surface area contributed by atoms with Crippen LogP contribution in [0.5, 0.6) is 0 Å². The van der Waals surface area contributed by atoms with Crippen molar-refractivity contribution in [1.29, 1.82) is 0 Å². The van der Waals surface area contributed by atoms with Gasteiger partial charge < -0.3 is 0 Å². The molecular formula is C5H11NO3S. The summed E-state index contributed by atoms with van der Waals surface area (Å²) in [4.78, 5) is 4.88. The molecule has 1 aliphatic rings. The van der Waals surface area contributed by atoms with Crippen LogP contribution in [0.15, 0.2) is 0 Å². The fourth-order valence-electron chi connectivity index (χ4n) is 0.801. The molecule has 1 saturated heterocycles. The van der Waals surface area contributed by atoms with E-state index in [4.69, 9.17) is 4.84 Å². The van der Waals surface area contributed by atoms with Crippen LogP contribution in [0.4, 0.5) is 0 Å². The van der Waals surface area contributed by atoms with E-state index in [0.29, 0.717) is 19.1 Å². The highest BCUT2D eigenvalue weighted by Gasteiger charge is 2.26. The van der Waals surface area contributed by atoms with Crippen molar-refractivity contribution in [2.45, 2.75) is 6.92 Å². The van der Waals surface area contributed by atoms with Gasteiger partial charge in [0.15, 0.2) is 0 Å². The first kappa shape index (κ1) is 7.97. The maximum absolute atomic E-state index is 10.8. The average Bonchev–Trinajstić information content (AvgIpc) is 2.11. The maximum atomic E-state index is 10.8. The zero-order valence-corrected chi connectivity index (χ0v) is 6.89. The number of hydrogen-bond acceptors (Lipinski definition) is 3. The van der Waals surface area contributed by atoms with E-state index in [9.17, 15) is 8.42 Å². The Bertz CT molecular complexity index is 211. The molecule has 1 rings (SSSR count). The summed E-state index contributed by atoms with van der Waals surface area (Å²) >= 11 is 0. The fraction of sp³-hybridized carbons (Fsp3) is 1.00. The Hall–Kier alpha value is -0.130. The molecule has 0 unspecified atom stereocenters. The standard InChI is InChI=1S/C5H11NO3S/c1-5-3-6(9-4-5)10(2,7)8/h5H,3-4H2,1-2H3/t5-/m1/s1. The molecule has 0 N–H and O–H groups in total. The lowest BCUT2D eigenvalue weighted by Crippen LogP contribution is -2.25. The maximum Gasteiger partial charge on any atom is 0.233 e. The Morgan fingerprint density at radius 1 is 1.60 bits per heavy atom. The van der Waals surface area contributed by atoms with Crippen LogP contribution >= 0.6 is 0 Å². The Morgan fingerprint density at radius 2 is 2.20 bits per heavy atom. The highest BCUT2D eigenvalue weighted by atomic mass is 32.2. The quantitative estimate of drug-likeness (QED) is 0.542. The third kappa shape index (κ3) is 1.68. The number of rotatable bonds is 1. The molecule has 0 aromatic heterocycles. The van der Waals surface area contributed by atoms with Gasteiger partial charge >= 0.3 is 0 Å². The summed E-state index contributed by atoms with van der Waals surface area (Å²) in [6.45, 7) is 2.94. The van der Waals surface area contributed by atoms with Gasteiger partial charge in [-0.3, -0.25) is 4.84 Å². The summed E-state index contributed by atoms with van der Waals surface area (Å²) in [6.07, 6.45) is 1.14. The summed E-state index contributed by atoms with van der Waals surface area (Å²) in [5, 5.41) is 0. The molecule has 0 aromatic rings. The van der Waals surface area contributed by atoms with Crippen molar-refractivity contribution < 1.29 is 13.3 Å². The minimum Gasteiger partial charge on any atom is -0.284 e. The number of sulfonamides is 1. The zero-order valence-electron chi connectivity index (χ0n) is 6.07. The molecule has 0 amide bonds. The van der Waals surface area contributed by atoms with Gasteiger partial charge in [0, 0.05) is 6.54 Å². The van der Waals surface area contributed by atoms with Crippen molar-refractivity contribution >= 4 is 10.0 Å². The number of nitrogens with zero attached hydrogens (tertiary/aromatic N) is 1. The zero-order chi connectivity index (χ0) is 7.78. The molecule has 1 aliphatic heterocycles. The van der Waals surface area contributed by atoms with Crippen molar-refractivity contribution in [3.63, 3.8) is 0 Å². The minimum atomic E-state index is -3.12. The minimum absolute atomic E-state index is 0.315. The van der Waals surface area contributed by atoms with E-state index in [1.807, 2.05) is 6.92 Å². The van der Waals surface area contributed by atoms with Crippen LogP contribution in [-0.4, -0.2) is 32.3 Å². The van der Waals surface area contributed by atoms with Crippen LogP contribution in [-0.2, 0) is 14.9 Å². The Kier molecular flexibility index (Phi) is 1.98. The van der Waals surface area contributed by atoms with Crippen LogP contribution in [0.1, 0.15) is 6.92 Å². The van der Waals surface area contributed by atoms with Crippen LogP contribution in [0.2, 0.25) is 0 Å². The number of hydroxylamine groups is 1. The lowest BCUT2D eigenvalue weighted by atomic mass is 10.2. The van der Waals surface area contributed by atoms with Crippen LogP contribution < -0.4 is 0 Å². The second-order valence-electron chi connectivity index (χ2n) is 2.65. The van der Waals surface area contributed by atoms with Crippen molar-refractivity contribution in [2.75, 3.05) is 19.4 Å². The van der Waals surface area contributed by atoms with E-state index in [-0.39, 0.29) is 0 Å². The summed E-state index contributed by atoms with van der Waals surface area (Å²) in [6, 6.07) is 0. The lowest BCUT2D eigenvalue weighted by molar-refractivity contribution is -0.0287. The topological polar surface area (TPSA) is 46.6 Å². The molecule has 1 heterocycles. The van der Waals surface area contributed by atoms with E-state index >= 15 is 0 Å². The van der Waals surface area contributed by atoms with E-state index in [1.54, 1.807) is 0 Å². The van der Waals surface area contributed by atoms with Gasteiger partial charge in [0.25, 0.3) is 0 Å². The van der Waals surface area contributed by atoms with Gasteiger partial charge in [-0.1, -0.05) is 11.4 Å². The summed E-state index contributed by atoms with van der Waals surface area (Å²) in [5.74, 6) is 0.315. The van der Waals surface area contributed by atoms with Gasteiger partial charge in [-0.05, 0) is 5.92 Å². The van der Waals surface area contributed by atoms with Crippen LogP contribution in [0.3, 0.4) is 0 Å². The highest BCUT2D eigenvalue weighted by molar-refractivity contribution is 7.88. The first-order valence-corrected chi connectivity index (χ1v) is 4.95. The largest absolute Gasteiger partial charge is 0.284 e. The predicted octanol–water partition coefficient (Wildman–Crippen LogP) is -0.171. The first-order valence-electron chi connectivity index (χ1n) is 3.11. The SMILES string of the molecule is C[C@H]1CON(S(C)(=O)=O)C1. The van der Waals surface area contributed by atoms with Gasteiger partial charge in [0.05, 0.1) is 12.9 Å². The van der Waals surface area contributed by atoms with Crippen LogP contribution in [0, 0.1) is 5.92 Å². The molecule has 1 fully saturated rings. The van der Waals surface area contributed by atoms with Gasteiger partial charge in [-0.2, -0.15) is 0 Å². The molecule has 4 nitrogen and oxygen atoms in total. The Labute approximate surface area is 60.8 Å². The molecule has 0 spiro atoms. The molecule has 0 aromatic carbocycles. The highest BCUT2D eigenvalue weighted by Crippen LogP contribution is 2.13. The third-order valence-corrected chi connectivity index (χ3v) is 2.33. The summed E-state index contributed by atoms with van der Waals surface area (Å²) in [5.41, 5.74) is 0. The van der Waals surface area contributed by atoms with Crippen molar-refractivity contribution in [3.8, 4) is 0 Å². The molecule has 0 aliphatic carbocycles. The molecule has 10 heavy (non-hydrogen) atoms. The van der Waals surface area contributed by atoms with Gasteiger partial charge in [-0.15, -0.1) is 0 Å². The van der Waals surface area contributed by atoms with Crippen molar-refractivity contribution in [2.24, 2.45) is 5.92 Å². The molecule has 0 radical (unpaired) electrons. The number of hydrogen-bond donors (Lipinski definition) is 0. The lowest BCUT2D eigenvalue weighted by Gasteiger charge is -2.08. The molecule has 0 saturated carbocycles.